The Morgan fingerprint density at radius 3 is 1.25 bits per heavy atom. The molecule has 0 spiro atoms. The standard InChI is InChI=1S/C18H34N2/c1-3-15(4-1)11-13-19-17-7-9-18(10-8-17)20-14-12-16-5-2-6-16/h15-20H,1-14H2. The number of hydrogen-bond acceptors (Lipinski definition) is 2. The van der Waals surface area contributed by atoms with E-state index >= 15 is 0 Å². The SMILES string of the molecule is C1CC(CCNC2CCC(NCCC3CCC3)CC2)C1. The molecule has 2 N–H and O–H groups in total. The van der Waals surface area contributed by atoms with Crippen molar-refractivity contribution in [2.45, 2.75) is 89.1 Å². The van der Waals surface area contributed by atoms with Crippen LogP contribution in [0.15, 0.2) is 0 Å². The topological polar surface area (TPSA) is 24.1 Å². The Morgan fingerprint density at radius 2 is 0.950 bits per heavy atom. The lowest BCUT2D eigenvalue weighted by atomic mass is 9.82. The molecule has 0 aromatic rings. The van der Waals surface area contributed by atoms with Crippen molar-refractivity contribution in [2.24, 2.45) is 11.8 Å². The van der Waals surface area contributed by atoms with Crippen LogP contribution in [0.1, 0.15) is 77.0 Å². The summed E-state index contributed by atoms with van der Waals surface area (Å²) in [5.74, 6) is 2.12. The molecule has 3 saturated carbocycles. The van der Waals surface area contributed by atoms with Crippen LogP contribution in [-0.4, -0.2) is 25.2 Å². The fraction of sp³-hybridized carbons (Fsp3) is 1.00. The molecule has 0 unspecified atom stereocenters. The fourth-order valence-corrected chi connectivity index (χ4v) is 4.05. The molecule has 0 heterocycles. The van der Waals surface area contributed by atoms with E-state index in [0.29, 0.717) is 0 Å². The summed E-state index contributed by atoms with van der Waals surface area (Å²) in [6.07, 6.45) is 17.4. The zero-order valence-electron chi connectivity index (χ0n) is 13.2. The van der Waals surface area contributed by atoms with Crippen molar-refractivity contribution >= 4 is 0 Å². The third kappa shape index (κ3) is 4.46. The Hall–Kier alpha value is -0.0800. The molecule has 0 amide bonds. The minimum Gasteiger partial charge on any atom is -0.314 e. The van der Waals surface area contributed by atoms with E-state index < -0.39 is 0 Å². The van der Waals surface area contributed by atoms with E-state index in [1.807, 2.05) is 0 Å². The first kappa shape index (κ1) is 14.8. The van der Waals surface area contributed by atoms with Crippen molar-refractivity contribution in [1.82, 2.24) is 10.6 Å². The van der Waals surface area contributed by atoms with Crippen molar-refractivity contribution in [3.05, 3.63) is 0 Å². The fourth-order valence-electron chi connectivity index (χ4n) is 4.05. The lowest BCUT2D eigenvalue weighted by Crippen LogP contribution is -2.41. The van der Waals surface area contributed by atoms with E-state index in [1.54, 1.807) is 0 Å². The maximum absolute atomic E-state index is 3.81. The van der Waals surface area contributed by atoms with Crippen molar-refractivity contribution in [1.29, 1.82) is 0 Å². The van der Waals surface area contributed by atoms with Crippen LogP contribution >= 0.6 is 0 Å². The van der Waals surface area contributed by atoms with Gasteiger partial charge in [-0.1, -0.05) is 38.5 Å². The molecule has 3 fully saturated rings. The molecule has 0 aliphatic heterocycles. The average molecular weight is 278 g/mol. The van der Waals surface area contributed by atoms with Gasteiger partial charge < -0.3 is 10.6 Å². The summed E-state index contributed by atoms with van der Waals surface area (Å²) < 4.78 is 0. The average Bonchev–Trinajstić information content (AvgIpc) is 2.37. The highest BCUT2D eigenvalue weighted by molar-refractivity contribution is 4.82. The molecule has 0 aromatic carbocycles. The van der Waals surface area contributed by atoms with E-state index in [2.05, 4.69) is 10.6 Å². The second-order valence-corrected chi connectivity index (χ2v) is 7.63. The summed E-state index contributed by atoms with van der Waals surface area (Å²) in [5, 5.41) is 7.61. The number of hydrogen-bond donors (Lipinski definition) is 2. The first-order valence-electron chi connectivity index (χ1n) is 9.37. The normalized spacial score (nSPS) is 31.8. The lowest BCUT2D eigenvalue weighted by Gasteiger charge is -2.32. The van der Waals surface area contributed by atoms with Gasteiger partial charge in [0.25, 0.3) is 0 Å². The van der Waals surface area contributed by atoms with Gasteiger partial charge in [-0.3, -0.25) is 0 Å². The van der Waals surface area contributed by atoms with Gasteiger partial charge in [0.2, 0.25) is 0 Å². The number of nitrogens with one attached hydrogen (secondary N) is 2. The quantitative estimate of drug-likeness (QED) is 0.704. The van der Waals surface area contributed by atoms with Crippen LogP contribution in [0.2, 0.25) is 0 Å². The predicted octanol–water partition coefficient (Wildman–Crippen LogP) is 3.86. The lowest BCUT2D eigenvalue weighted by molar-refractivity contribution is 0.256. The van der Waals surface area contributed by atoms with Crippen LogP contribution in [0.4, 0.5) is 0 Å². The Kier molecular flexibility index (Phi) is 5.78. The van der Waals surface area contributed by atoms with E-state index in [9.17, 15) is 0 Å². The van der Waals surface area contributed by atoms with Crippen molar-refractivity contribution < 1.29 is 0 Å². The molecule has 3 aliphatic rings. The van der Waals surface area contributed by atoms with Gasteiger partial charge in [0.1, 0.15) is 0 Å². The first-order valence-corrected chi connectivity index (χ1v) is 9.37. The van der Waals surface area contributed by atoms with Gasteiger partial charge >= 0.3 is 0 Å². The molecule has 0 radical (unpaired) electrons. The van der Waals surface area contributed by atoms with Gasteiger partial charge in [0, 0.05) is 12.1 Å². The van der Waals surface area contributed by atoms with Crippen LogP contribution in [-0.2, 0) is 0 Å². The molecular formula is C18H34N2. The van der Waals surface area contributed by atoms with Crippen molar-refractivity contribution in [3.63, 3.8) is 0 Å². The zero-order valence-corrected chi connectivity index (χ0v) is 13.2. The van der Waals surface area contributed by atoms with Crippen LogP contribution in [0, 0.1) is 11.8 Å². The molecule has 3 rings (SSSR count). The molecule has 20 heavy (non-hydrogen) atoms. The highest BCUT2D eigenvalue weighted by Crippen LogP contribution is 2.30. The number of rotatable bonds is 8. The summed E-state index contributed by atoms with van der Waals surface area (Å²) in [7, 11) is 0. The second kappa shape index (κ2) is 7.79. The van der Waals surface area contributed by atoms with E-state index in [4.69, 9.17) is 0 Å². The molecule has 0 atom stereocenters. The van der Waals surface area contributed by atoms with E-state index in [-0.39, 0.29) is 0 Å². The van der Waals surface area contributed by atoms with Crippen LogP contribution in [0.25, 0.3) is 0 Å². The zero-order chi connectivity index (χ0) is 13.6. The summed E-state index contributed by atoms with van der Waals surface area (Å²) in [5.41, 5.74) is 0. The second-order valence-electron chi connectivity index (χ2n) is 7.63. The van der Waals surface area contributed by atoms with Gasteiger partial charge in [-0.25, -0.2) is 0 Å². The monoisotopic (exact) mass is 278 g/mol. The predicted molar refractivity (Wildman–Crippen MR) is 86.0 cm³/mol. The summed E-state index contributed by atoms with van der Waals surface area (Å²) in [6.45, 7) is 2.55. The first-order chi connectivity index (χ1) is 9.90. The molecule has 0 aromatic heterocycles. The smallest absolute Gasteiger partial charge is 0.00682 e. The van der Waals surface area contributed by atoms with E-state index in [0.717, 1.165) is 23.9 Å². The maximum Gasteiger partial charge on any atom is 0.00682 e. The molecule has 116 valence electrons. The third-order valence-electron chi connectivity index (χ3n) is 6.15. The van der Waals surface area contributed by atoms with Crippen LogP contribution < -0.4 is 10.6 Å². The summed E-state index contributed by atoms with van der Waals surface area (Å²) in [6, 6.07) is 1.64. The van der Waals surface area contributed by atoms with Gasteiger partial charge in [-0.15, -0.1) is 0 Å². The summed E-state index contributed by atoms with van der Waals surface area (Å²) >= 11 is 0. The van der Waals surface area contributed by atoms with E-state index in [1.165, 1.54) is 90.1 Å². The van der Waals surface area contributed by atoms with Gasteiger partial charge in [-0.2, -0.15) is 0 Å². The third-order valence-corrected chi connectivity index (χ3v) is 6.15. The molecular weight excluding hydrogens is 244 g/mol. The van der Waals surface area contributed by atoms with Crippen molar-refractivity contribution in [3.8, 4) is 0 Å². The van der Waals surface area contributed by atoms with Gasteiger partial charge in [0.05, 0.1) is 0 Å². The highest BCUT2D eigenvalue weighted by Gasteiger charge is 2.22. The highest BCUT2D eigenvalue weighted by atomic mass is 14.9. The van der Waals surface area contributed by atoms with Gasteiger partial charge in [-0.05, 0) is 63.5 Å². The molecule has 2 nitrogen and oxygen atoms in total. The maximum atomic E-state index is 3.81. The molecule has 0 bridgehead atoms. The Balaban J connectivity index is 1.19. The summed E-state index contributed by atoms with van der Waals surface area (Å²) in [4.78, 5) is 0. The Labute approximate surface area is 125 Å². The molecule has 0 saturated heterocycles. The minimum atomic E-state index is 0.819. The Morgan fingerprint density at radius 1 is 0.550 bits per heavy atom. The largest absolute Gasteiger partial charge is 0.314 e. The minimum absolute atomic E-state index is 0.819. The van der Waals surface area contributed by atoms with Gasteiger partial charge in [0.15, 0.2) is 0 Å². The molecule has 3 aliphatic carbocycles. The Bertz CT molecular complexity index is 235. The van der Waals surface area contributed by atoms with Crippen molar-refractivity contribution in [2.75, 3.05) is 13.1 Å². The van der Waals surface area contributed by atoms with Crippen LogP contribution in [0.5, 0.6) is 0 Å². The molecule has 2 heteroatoms. The van der Waals surface area contributed by atoms with Crippen LogP contribution in [0.3, 0.4) is 0 Å².